The van der Waals surface area contributed by atoms with Gasteiger partial charge in [-0.1, -0.05) is 6.92 Å². The fourth-order valence-corrected chi connectivity index (χ4v) is 6.50. The summed E-state index contributed by atoms with van der Waals surface area (Å²) in [6.07, 6.45) is -3.36. The standard InChI is InChI=1S/C25H28F5N5O3S/c1-2-17(25(28,29)30)33-18-9-13(21(26)27)14(10-31-18)20-19(24(38)35-11-3-4-12(35)6-5-11)34-23(39-20)22(37)32-15-7-8-16(15)36/h9-12,15-17,21,36H,2-8H2,1H3,(H,31,33)(H,32,37)/t11?,12?,15-,16-,17+/m1/s1. The van der Waals surface area contributed by atoms with E-state index < -0.39 is 48.2 Å². The number of pyridine rings is 1. The number of aliphatic hydroxyl groups excluding tert-OH is 1. The molecule has 212 valence electrons. The van der Waals surface area contributed by atoms with Gasteiger partial charge in [0.05, 0.1) is 17.0 Å². The Morgan fingerprint density at radius 3 is 2.33 bits per heavy atom. The Kier molecular flexibility index (Phi) is 7.53. The number of amides is 2. The van der Waals surface area contributed by atoms with Gasteiger partial charge in [-0.2, -0.15) is 13.2 Å². The maximum atomic E-state index is 14.3. The zero-order valence-corrected chi connectivity index (χ0v) is 21.8. The minimum Gasteiger partial charge on any atom is -0.391 e. The quantitative estimate of drug-likeness (QED) is 0.388. The number of halogens is 5. The SMILES string of the molecule is CC[C@H](Nc1cc(C(F)F)c(-c2sc(C(=O)N[C@@H]3CC[C@H]3O)nc2C(=O)N2C3CCC2CC3)cn1)C(F)(F)F. The van der Waals surface area contributed by atoms with Crippen molar-refractivity contribution < 1.29 is 36.6 Å². The van der Waals surface area contributed by atoms with Crippen molar-refractivity contribution in [2.24, 2.45) is 0 Å². The molecular weight excluding hydrogens is 545 g/mol. The molecule has 0 aromatic carbocycles. The van der Waals surface area contributed by atoms with Crippen molar-refractivity contribution >= 4 is 29.0 Å². The fourth-order valence-electron chi connectivity index (χ4n) is 5.51. The molecule has 2 amide bonds. The monoisotopic (exact) mass is 573 g/mol. The van der Waals surface area contributed by atoms with E-state index in [2.05, 4.69) is 20.6 Å². The van der Waals surface area contributed by atoms with Gasteiger partial charge in [-0.15, -0.1) is 11.3 Å². The summed E-state index contributed by atoms with van der Waals surface area (Å²) in [5, 5.41) is 14.5. The summed E-state index contributed by atoms with van der Waals surface area (Å²) in [6.45, 7) is 1.31. The van der Waals surface area contributed by atoms with Gasteiger partial charge in [0.1, 0.15) is 17.6 Å². The van der Waals surface area contributed by atoms with Gasteiger partial charge in [-0.25, -0.2) is 18.7 Å². The molecule has 3 atom stereocenters. The van der Waals surface area contributed by atoms with E-state index in [9.17, 15) is 36.6 Å². The number of hydrogen-bond acceptors (Lipinski definition) is 7. The number of fused-ring (bicyclic) bond motifs is 2. The highest BCUT2D eigenvalue weighted by molar-refractivity contribution is 7.17. The van der Waals surface area contributed by atoms with Gasteiger partial charge >= 0.3 is 6.18 Å². The van der Waals surface area contributed by atoms with Gasteiger partial charge in [0.25, 0.3) is 18.2 Å². The van der Waals surface area contributed by atoms with Crippen LogP contribution in [0.5, 0.6) is 0 Å². The number of carbonyl (C=O) groups is 2. The third-order valence-electron chi connectivity index (χ3n) is 7.81. The molecular formula is C25H28F5N5O3S. The van der Waals surface area contributed by atoms with Gasteiger partial charge < -0.3 is 20.6 Å². The Bertz CT molecular complexity index is 1240. The van der Waals surface area contributed by atoms with Crippen LogP contribution in [0.4, 0.5) is 27.8 Å². The second-order valence-corrected chi connectivity index (χ2v) is 11.2. The number of nitrogens with zero attached hydrogens (tertiary/aromatic N) is 3. The van der Waals surface area contributed by atoms with E-state index in [-0.39, 0.29) is 45.5 Å². The predicted molar refractivity (Wildman–Crippen MR) is 133 cm³/mol. The van der Waals surface area contributed by atoms with Crippen molar-refractivity contribution in [1.82, 2.24) is 20.2 Å². The van der Waals surface area contributed by atoms with Crippen molar-refractivity contribution in [3.8, 4) is 10.4 Å². The first-order chi connectivity index (χ1) is 18.5. The lowest BCUT2D eigenvalue weighted by molar-refractivity contribution is -0.142. The number of thiazole rings is 1. The molecule has 2 aliphatic heterocycles. The highest BCUT2D eigenvalue weighted by atomic mass is 32.1. The molecule has 8 nitrogen and oxygen atoms in total. The van der Waals surface area contributed by atoms with Crippen molar-refractivity contribution in [2.45, 2.75) is 94.7 Å². The molecule has 3 N–H and O–H groups in total. The first kappa shape index (κ1) is 27.7. The van der Waals surface area contributed by atoms with Gasteiger partial charge in [0.15, 0.2) is 5.01 Å². The van der Waals surface area contributed by atoms with Gasteiger partial charge in [-0.3, -0.25) is 9.59 Å². The van der Waals surface area contributed by atoms with Crippen LogP contribution in [0.1, 0.15) is 84.1 Å². The molecule has 3 fully saturated rings. The summed E-state index contributed by atoms with van der Waals surface area (Å²) in [7, 11) is 0. The van der Waals surface area contributed by atoms with E-state index in [4.69, 9.17) is 0 Å². The Labute approximate surface area is 225 Å². The average Bonchev–Trinajstić information content (AvgIpc) is 3.63. The minimum absolute atomic E-state index is 0.00261. The number of rotatable bonds is 8. The van der Waals surface area contributed by atoms with Crippen molar-refractivity contribution in [3.63, 3.8) is 0 Å². The Morgan fingerprint density at radius 1 is 1.15 bits per heavy atom. The summed E-state index contributed by atoms with van der Waals surface area (Å²) < 4.78 is 68.3. The Morgan fingerprint density at radius 2 is 1.82 bits per heavy atom. The van der Waals surface area contributed by atoms with E-state index >= 15 is 0 Å². The molecule has 2 saturated heterocycles. The number of alkyl halides is 5. The number of carbonyl (C=O) groups excluding carboxylic acids is 2. The zero-order chi connectivity index (χ0) is 28.1. The lowest BCUT2D eigenvalue weighted by Crippen LogP contribution is -2.50. The zero-order valence-electron chi connectivity index (χ0n) is 21.0. The molecule has 0 spiro atoms. The van der Waals surface area contributed by atoms with Crippen LogP contribution < -0.4 is 10.6 Å². The molecule has 0 unspecified atom stereocenters. The van der Waals surface area contributed by atoms with E-state index in [0.29, 0.717) is 12.8 Å². The van der Waals surface area contributed by atoms with Crippen molar-refractivity contribution in [3.05, 3.63) is 28.5 Å². The van der Waals surface area contributed by atoms with Crippen LogP contribution in [0.15, 0.2) is 12.3 Å². The van der Waals surface area contributed by atoms with Gasteiger partial charge in [0, 0.05) is 29.4 Å². The normalized spacial score (nSPS) is 25.1. The number of nitrogens with one attached hydrogen (secondary N) is 2. The first-order valence-electron chi connectivity index (χ1n) is 12.9. The van der Waals surface area contributed by atoms with E-state index in [1.54, 1.807) is 4.90 Å². The molecule has 0 radical (unpaired) electrons. The maximum Gasteiger partial charge on any atom is 0.408 e. The molecule has 2 bridgehead atoms. The molecule has 4 heterocycles. The number of aromatic nitrogens is 2. The molecule has 14 heteroatoms. The van der Waals surface area contributed by atoms with Crippen molar-refractivity contribution in [1.29, 1.82) is 0 Å². The summed E-state index contributed by atoms with van der Waals surface area (Å²) in [5.41, 5.74) is -0.969. The summed E-state index contributed by atoms with van der Waals surface area (Å²) in [6, 6.07) is -1.60. The molecule has 2 aromatic heterocycles. The summed E-state index contributed by atoms with van der Waals surface area (Å²) in [5.74, 6) is -1.50. The Balaban J connectivity index is 1.53. The van der Waals surface area contributed by atoms with Crippen molar-refractivity contribution in [2.75, 3.05) is 5.32 Å². The topological polar surface area (TPSA) is 107 Å². The lowest BCUT2D eigenvalue weighted by atomic mass is 9.89. The second-order valence-electron chi connectivity index (χ2n) is 10.2. The molecule has 5 rings (SSSR count). The van der Waals surface area contributed by atoms with Crippen LogP contribution in [-0.4, -0.2) is 68.2 Å². The van der Waals surface area contributed by atoms with Crippen LogP contribution in [-0.2, 0) is 0 Å². The summed E-state index contributed by atoms with van der Waals surface area (Å²) >= 11 is 0.743. The Hall–Kier alpha value is -2.87. The minimum atomic E-state index is -4.61. The molecule has 3 aliphatic rings. The van der Waals surface area contributed by atoms with Crippen LogP contribution in [0.2, 0.25) is 0 Å². The lowest BCUT2D eigenvalue weighted by Gasteiger charge is -2.32. The third-order valence-corrected chi connectivity index (χ3v) is 8.89. The maximum absolute atomic E-state index is 14.3. The van der Waals surface area contributed by atoms with Crippen LogP contribution in [0.3, 0.4) is 0 Å². The van der Waals surface area contributed by atoms with Gasteiger partial charge in [0.2, 0.25) is 0 Å². The van der Waals surface area contributed by atoms with Crippen LogP contribution >= 0.6 is 11.3 Å². The summed E-state index contributed by atoms with van der Waals surface area (Å²) in [4.78, 5) is 36.5. The molecule has 2 aromatic rings. The molecule has 39 heavy (non-hydrogen) atoms. The molecule has 1 saturated carbocycles. The fraction of sp³-hybridized carbons (Fsp3) is 0.600. The smallest absolute Gasteiger partial charge is 0.391 e. The second kappa shape index (κ2) is 10.6. The highest BCUT2D eigenvalue weighted by Crippen LogP contribution is 2.42. The largest absolute Gasteiger partial charge is 0.408 e. The first-order valence-corrected chi connectivity index (χ1v) is 13.7. The van der Waals surface area contributed by atoms with E-state index in [1.807, 2.05) is 0 Å². The number of hydrogen-bond donors (Lipinski definition) is 3. The third kappa shape index (κ3) is 5.32. The average molecular weight is 574 g/mol. The van der Waals surface area contributed by atoms with E-state index in [1.165, 1.54) is 6.92 Å². The van der Waals surface area contributed by atoms with Crippen LogP contribution in [0, 0.1) is 0 Å². The molecule has 1 aliphatic carbocycles. The van der Waals surface area contributed by atoms with E-state index in [0.717, 1.165) is 49.3 Å². The predicted octanol–water partition coefficient (Wildman–Crippen LogP) is 4.92. The number of anilines is 1. The number of aliphatic hydroxyl groups is 1. The highest BCUT2D eigenvalue weighted by Gasteiger charge is 2.44. The van der Waals surface area contributed by atoms with Gasteiger partial charge in [-0.05, 0) is 51.0 Å². The van der Waals surface area contributed by atoms with Crippen LogP contribution in [0.25, 0.3) is 10.4 Å².